The van der Waals surface area contributed by atoms with Crippen molar-refractivity contribution >= 4 is 49.0 Å². The van der Waals surface area contributed by atoms with Crippen LogP contribution < -0.4 is 10.6 Å². The van der Waals surface area contributed by atoms with Crippen LogP contribution in [0.5, 0.6) is 0 Å². The minimum absolute atomic E-state index is 0.0547. The first-order chi connectivity index (χ1) is 17.9. The fourth-order valence-corrected chi connectivity index (χ4v) is 9.80. The maximum absolute atomic E-state index is 13.3. The molecule has 13 heteroatoms. The van der Waals surface area contributed by atoms with Gasteiger partial charge in [-0.15, -0.1) is 0 Å². The molecule has 3 aromatic heterocycles. The van der Waals surface area contributed by atoms with Gasteiger partial charge < -0.3 is 15.7 Å². The van der Waals surface area contributed by atoms with Crippen LogP contribution in [-0.4, -0.2) is 73.8 Å². The topological polar surface area (TPSA) is 147 Å². The smallest absolute Gasteiger partial charge is 0.233 e. The van der Waals surface area contributed by atoms with Gasteiger partial charge in [-0.1, -0.05) is 11.3 Å². The molecule has 11 nitrogen and oxygen atoms in total. The van der Waals surface area contributed by atoms with Gasteiger partial charge in [0.25, 0.3) is 0 Å². The van der Waals surface area contributed by atoms with Crippen LogP contribution in [0.25, 0.3) is 10.9 Å². The quantitative estimate of drug-likeness (QED) is 0.409. The summed E-state index contributed by atoms with van der Waals surface area (Å²) in [4.78, 5) is 15.9. The lowest BCUT2D eigenvalue weighted by Crippen LogP contribution is -2.85. The molecule has 4 fully saturated rings. The van der Waals surface area contributed by atoms with E-state index in [1.807, 2.05) is 18.2 Å². The zero-order chi connectivity index (χ0) is 25.4. The fraction of sp³-hybridized carbons (Fsp3) is 0.500. The van der Waals surface area contributed by atoms with Gasteiger partial charge in [-0.25, -0.2) is 18.4 Å². The third-order valence-electron chi connectivity index (χ3n) is 8.21. The highest BCUT2D eigenvalue weighted by Gasteiger charge is 2.73. The van der Waals surface area contributed by atoms with Crippen molar-refractivity contribution in [1.29, 1.82) is 5.26 Å². The molecule has 4 aliphatic rings. The number of hydrogen-bond acceptors (Lipinski definition) is 11. The van der Waals surface area contributed by atoms with Gasteiger partial charge in [-0.3, -0.25) is 9.88 Å². The third kappa shape index (κ3) is 3.47. The molecule has 3 N–H and O–H groups in total. The van der Waals surface area contributed by atoms with Gasteiger partial charge in [-0.05, 0) is 37.8 Å². The molecule has 0 aromatic carbocycles. The molecular formula is C24H26N8O3S2. The van der Waals surface area contributed by atoms with E-state index in [4.69, 9.17) is 10.2 Å². The van der Waals surface area contributed by atoms with Crippen molar-refractivity contribution in [3.8, 4) is 6.07 Å². The summed E-state index contributed by atoms with van der Waals surface area (Å²) in [5.41, 5.74) is 0.807. The van der Waals surface area contributed by atoms with Crippen LogP contribution in [0.15, 0.2) is 30.6 Å². The number of aliphatic hydroxyl groups is 1. The van der Waals surface area contributed by atoms with E-state index in [0.717, 1.165) is 34.4 Å². The lowest BCUT2D eigenvalue weighted by atomic mass is 9.67. The molecule has 0 saturated carbocycles. The van der Waals surface area contributed by atoms with Crippen molar-refractivity contribution in [1.82, 2.24) is 24.2 Å². The predicted molar refractivity (Wildman–Crippen MR) is 138 cm³/mol. The maximum atomic E-state index is 13.3. The molecule has 2 unspecified atom stereocenters. The summed E-state index contributed by atoms with van der Waals surface area (Å²) >= 11 is 1.37. The number of rotatable bonds is 7. The Hall–Kier alpha value is -2.89. The summed E-state index contributed by atoms with van der Waals surface area (Å²) in [6, 6.07) is 8.56. The van der Waals surface area contributed by atoms with Crippen molar-refractivity contribution in [3.63, 3.8) is 0 Å². The van der Waals surface area contributed by atoms with Gasteiger partial charge >= 0.3 is 0 Å². The number of fused-ring (bicyclic) bond motifs is 1. The lowest BCUT2D eigenvalue weighted by molar-refractivity contribution is -0.176. The Kier molecular flexibility index (Phi) is 5.22. The van der Waals surface area contributed by atoms with Crippen LogP contribution in [0.3, 0.4) is 0 Å². The second-order valence-electron chi connectivity index (χ2n) is 10.4. The van der Waals surface area contributed by atoms with E-state index in [1.54, 1.807) is 12.4 Å². The minimum atomic E-state index is -3.42. The zero-order valence-corrected chi connectivity index (χ0v) is 21.5. The van der Waals surface area contributed by atoms with Gasteiger partial charge in [0, 0.05) is 55.1 Å². The summed E-state index contributed by atoms with van der Waals surface area (Å²) in [5, 5.41) is 26.8. The number of pyridine rings is 2. The van der Waals surface area contributed by atoms with Crippen LogP contribution in [0.4, 0.5) is 16.8 Å². The van der Waals surface area contributed by atoms with Gasteiger partial charge in [0.2, 0.25) is 10.0 Å². The molecule has 4 saturated heterocycles. The summed E-state index contributed by atoms with van der Waals surface area (Å²) < 4.78 is 28.1. The molecule has 4 aliphatic heterocycles. The van der Waals surface area contributed by atoms with Crippen LogP contribution in [0, 0.1) is 17.2 Å². The average molecular weight is 539 g/mol. The number of piperidine rings is 2. The molecule has 0 bridgehead atoms. The fourth-order valence-electron chi connectivity index (χ4n) is 6.52. The molecule has 37 heavy (non-hydrogen) atoms. The molecule has 3 aromatic rings. The van der Waals surface area contributed by atoms with E-state index in [1.165, 1.54) is 15.6 Å². The highest BCUT2D eigenvalue weighted by Crippen LogP contribution is 2.60. The number of nitrogens with zero attached hydrogens (tertiary/aromatic N) is 6. The van der Waals surface area contributed by atoms with Crippen molar-refractivity contribution in [3.05, 3.63) is 35.5 Å². The number of aliphatic hydroxyl groups excluding tert-OH is 1. The largest absolute Gasteiger partial charge is 0.391 e. The molecule has 7 rings (SSSR count). The minimum Gasteiger partial charge on any atom is -0.391 e. The monoisotopic (exact) mass is 538 g/mol. The van der Waals surface area contributed by atoms with Crippen molar-refractivity contribution in [2.24, 2.45) is 5.92 Å². The second kappa shape index (κ2) is 8.31. The summed E-state index contributed by atoms with van der Waals surface area (Å²) in [6.45, 7) is 0.599. The van der Waals surface area contributed by atoms with Crippen molar-refractivity contribution in [2.45, 2.75) is 55.3 Å². The first-order valence-corrected chi connectivity index (χ1v) is 14.7. The summed E-state index contributed by atoms with van der Waals surface area (Å²) in [7, 11) is -3.42. The SMILES string of the molecule is N#CC1CN(S(=O)(=O)C23C[C@H]4CC(Nc5nc(Nc6ncc(CO)s6)cc6ncccc56)C[C@@H](C2)N43)C1. The first-order valence-electron chi connectivity index (χ1n) is 12.4. The zero-order valence-electron chi connectivity index (χ0n) is 19.9. The third-order valence-corrected chi connectivity index (χ3v) is 11.6. The summed E-state index contributed by atoms with van der Waals surface area (Å²) in [6.07, 6.45) is 6.38. The number of anilines is 3. The van der Waals surface area contributed by atoms with Crippen LogP contribution in [0.2, 0.25) is 0 Å². The molecule has 7 heterocycles. The Balaban J connectivity index is 1.08. The van der Waals surface area contributed by atoms with Gasteiger partial charge in [0.1, 0.15) is 16.5 Å². The molecule has 0 aliphatic carbocycles. The highest BCUT2D eigenvalue weighted by atomic mass is 32.2. The van der Waals surface area contributed by atoms with E-state index in [0.29, 0.717) is 36.9 Å². The number of sulfonamides is 1. The van der Waals surface area contributed by atoms with E-state index >= 15 is 0 Å². The van der Waals surface area contributed by atoms with Crippen molar-refractivity contribution in [2.75, 3.05) is 23.7 Å². The van der Waals surface area contributed by atoms with Gasteiger partial charge in [0.15, 0.2) is 5.13 Å². The first kappa shape index (κ1) is 23.2. The standard InChI is InChI=1S/C24H26N8O3S2/c25-9-14-11-31(12-14)37(34,35)24-7-16-4-15(5-17(8-24)32(16)24)28-22-19-2-1-3-26-20(19)6-21(29-22)30-23-27-10-18(13-33)36-23/h1-3,6,10,14-17,33H,4-5,7-8,11-13H2,(H2,27,28,29,30)/t15?,16-,17+,24?. The Bertz CT molecular complexity index is 1510. The number of thiazole rings is 1. The van der Waals surface area contributed by atoms with Gasteiger partial charge in [-0.2, -0.15) is 9.57 Å². The molecule has 0 amide bonds. The van der Waals surface area contributed by atoms with E-state index in [9.17, 15) is 13.5 Å². The van der Waals surface area contributed by atoms with Gasteiger partial charge in [0.05, 0.1) is 29.0 Å². The molecule has 4 atom stereocenters. The molecule has 0 radical (unpaired) electrons. The number of nitrogens with one attached hydrogen (secondary N) is 2. The predicted octanol–water partition coefficient (Wildman–Crippen LogP) is 2.22. The molecule has 0 spiro atoms. The van der Waals surface area contributed by atoms with E-state index in [2.05, 4.69) is 31.6 Å². The van der Waals surface area contributed by atoms with Crippen molar-refractivity contribution < 1.29 is 13.5 Å². The average Bonchev–Trinajstić information content (AvgIpc) is 3.27. The lowest BCUT2D eigenvalue weighted by Gasteiger charge is -2.72. The number of hydrogen-bond donors (Lipinski definition) is 3. The van der Waals surface area contributed by atoms with E-state index in [-0.39, 0.29) is 30.7 Å². The van der Waals surface area contributed by atoms with Crippen LogP contribution >= 0.6 is 11.3 Å². The summed E-state index contributed by atoms with van der Waals surface area (Å²) in [5.74, 6) is 1.18. The Morgan fingerprint density at radius 3 is 2.73 bits per heavy atom. The van der Waals surface area contributed by atoms with Crippen LogP contribution in [0.1, 0.15) is 30.6 Å². The maximum Gasteiger partial charge on any atom is 0.233 e. The Morgan fingerprint density at radius 1 is 1.24 bits per heavy atom. The normalized spacial score (nSPS) is 29.5. The Labute approximate surface area is 218 Å². The second-order valence-corrected chi connectivity index (χ2v) is 13.7. The highest BCUT2D eigenvalue weighted by molar-refractivity contribution is 7.90. The van der Waals surface area contributed by atoms with E-state index < -0.39 is 14.9 Å². The molecular weight excluding hydrogens is 512 g/mol. The number of nitriles is 1. The van der Waals surface area contributed by atoms with Crippen LogP contribution in [-0.2, 0) is 16.6 Å². The molecule has 192 valence electrons. The Morgan fingerprint density at radius 2 is 2.03 bits per heavy atom. The number of aromatic nitrogens is 3.